The first-order valence-corrected chi connectivity index (χ1v) is 8.54. The maximum Gasteiger partial charge on any atom is 0.262 e. The van der Waals surface area contributed by atoms with E-state index in [1.807, 2.05) is 0 Å². The van der Waals surface area contributed by atoms with E-state index in [4.69, 9.17) is 21.1 Å². The van der Waals surface area contributed by atoms with Crippen molar-refractivity contribution in [2.24, 2.45) is 5.92 Å². The van der Waals surface area contributed by atoms with Crippen LogP contribution in [0.25, 0.3) is 0 Å². The van der Waals surface area contributed by atoms with E-state index in [0.717, 1.165) is 31.5 Å². The third kappa shape index (κ3) is 4.58. The molecule has 2 aromatic rings. The summed E-state index contributed by atoms with van der Waals surface area (Å²) < 4.78 is 38.9. The molecule has 0 amide bonds. The van der Waals surface area contributed by atoms with Gasteiger partial charge in [0.15, 0.2) is 17.4 Å². The highest BCUT2D eigenvalue weighted by molar-refractivity contribution is 6.30. The largest absolute Gasteiger partial charge is 0.488 e. The molecule has 7 heteroatoms. The summed E-state index contributed by atoms with van der Waals surface area (Å²) >= 11 is 5.62. The number of aromatic nitrogens is 1. The van der Waals surface area contributed by atoms with Crippen LogP contribution in [0.5, 0.6) is 17.4 Å². The summed E-state index contributed by atoms with van der Waals surface area (Å²) in [4.78, 5) is 4.03. The Labute approximate surface area is 150 Å². The van der Waals surface area contributed by atoms with Crippen LogP contribution in [0.4, 0.5) is 8.78 Å². The van der Waals surface area contributed by atoms with Gasteiger partial charge in [-0.1, -0.05) is 11.6 Å². The van der Waals surface area contributed by atoms with Gasteiger partial charge in [0.25, 0.3) is 5.88 Å². The lowest BCUT2D eigenvalue weighted by molar-refractivity contribution is 0.198. The van der Waals surface area contributed by atoms with E-state index >= 15 is 0 Å². The van der Waals surface area contributed by atoms with Gasteiger partial charge in [0, 0.05) is 29.7 Å². The van der Waals surface area contributed by atoms with Gasteiger partial charge in [-0.25, -0.2) is 13.8 Å². The third-order valence-corrected chi connectivity index (χ3v) is 4.35. The highest BCUT2D eigenvalue weighted by Crippen LogP contribution is 2.34. The normalized spacial score (nSPS) is 20.3. The fourth-order valence-corrected chi connectivity index (χ4v) is 2.88. The predicted molar refractivity (Wildman–Crippen MR) is 91.4 cm³/mol. The molecule has 25 heavy (non-hydrogen) atoms. The molecular weight excluding hydrogens is 350 g/mol. The summed E-state index contributed by atoms with van der Waals surface area (Å²) in [6.07, 6.45) is 3.62. The third-order valence-electron chi connectivity index (χ3n) is 4.14. The van der Waals surface area contributed by atoms with E-state index in [2.05, 4.69) is 17.2 Å². The van der Waals surface area contributed by atoms with Crippen LogP contribution in [0.1, 0.15) is 19.8 Å². The average molecular weight is 369 g/mol. The molecule has 1 saturated heterocycles. The van der Waals surface area contributed by atoms with E-state index in [1.54, 1.807) is 12.1 Å². The fraction of sp³-hybridized carbons (Fsp3) is 0.389. The molecule has 0 saturated carbocycles. The monoisotopic (exact) mass is 368 g/mol. The minimum absolute atomic E-state index is 0.0137. The molecule has 1 aliphatic heterocycles. The Morgan fingerprint density at radius 1 is 1.28 bits per heavy atom. The van der Waals surface area contributed by atoms with Crippen LogP contribution in [-0.4, -0.2) is 24.2 Å². The SMILES string of the molecule is CC1CC[C@H](COc2cccnc2Oc2c(F)cc(Cl)cc2F)CN1. The summed E-state index contributed by atoms with van der Waals surface area (Å²) in [5, 5.41) is 3.36. The summed E-state index contributed by atoms with van der Waals surface area (Å²) in [5.41, 5.74) is 0. The topological polar surface area (TPSA) is 43.4 Å². The van der Waals surface area contributed by atoms with Gasteiger partial charge >= 0.3 is 0 Å². The highest BCUT2D eigenvalue weighted by atomic mass is 35.5. The van der Waals surface area contributed by atoms with Gasteiger partial charge in [0.2, 0.25) is 5.75 Å². The molecule has 0 bridgehead atoms. The second-order valence-corrected chi connectivity index (χ2v) is 6.61. The van der Waals surface area contributed by atoms with E-state index in [0.29, 0.717) is 24.3 Å². The number of hydrogen-bond donors (Lipinski definition) is 1. The van der Waals surface area contributed by atoms with Crippen LogP contribution in [0.15, 0.2) is 30.5 Å². The van der Waals surface area contributed by atoms with Crippen LogP contribution in [-0.2, 0) is 0 Å². The molecular formula is C18H19ClF2N2O2. The summed E-state index contributed by atoms with van der Waals surface area (Å²) in [5.74, 6) is -1.62. The van der Waals surface area contributed by atoms with Crippen molar-refractivity contribution in [2.45, 2.75) is 25.8 Å². The van der Waals surface area contributed by atoms with Crippen LogP contribution >= 0.6 is 11.6 Å². The van der Waals surface area contributed by atoms with Crippen molar-refractivity contribution in [3.8, 4) is 17.4 Å². The van der Waals surface area contributed by atoms with E-state index in [9.17, 15) is 8.78 Å². The number of ether oxygens (including phenoxy) is 2. The Kier molecular flexibility index (Phi) is 5.71. The smallest absolute Gasteiger partial charge is 0.262 e. The first-order chi connectivity index (χ1) is 12.0. The number of piperidine rings is 1. The number of hydrogen-bond acceptors (Lipinski definition) is 4. The van der Waals surface area contributed by atoms with E-state index < -0.39 is 17.4 Å². The Morgan fingerprint density at radius 2 is 2.04 bits per heavy atom. The predicted octanol–water partition coefficient (Wildman–Crippen LogP) is 4.57. The molecule has 1 unspecified atom stereocenters. The molecule has 1 fully saturated rings. The standard InChI is InChI=1S/C18H19ClF2N2O2/c1-11-4-5-12(9-23-11)10-24-16-3-2-6-22-18(16)25-17-14(20)7-13(19)8-15(17)21/h2-3,6-8,11-12,23H,4-5,9-10H2,1H3/t11?,12-/m0/s1. The summed E-state index contributed by atoms with van der Waals surface area (Å²) in [6, 6.07) is 5.83. The lowest BCUT2D eigenvalue weighted by Crippen LogP contribution is -2.39. The van der Waals surface area contributed by atoms with Crippen molar-refractivity contribution in [1.29, 1.82) is 0 Å². The number of nitrogens with zero attached hydrogens (tertiary/aromatic N) is 1. The molecule has 2 atom stereocenters. The summed E-state index contributed by atoms with van der Waals surface area (Å²) in [7, 11) is 0. The van der Waals surface area contributed by atoms with Crippen LogP contribution in [0.3, 0.4) is 0 Å². The van der Waals surface area contributed by atoms with Gasteiger partial charge in [0.05, 0.1) is 6.61 Å². The van der Waals surface area contributed by atoms with Crippen molar-refractivity contribution >= 4 is 11.6 Å². The summed E-state index contributed by atoms with van der Waals surface area (Å²) in [6.45, 7) is 3.50. The zero-order valence-electron chi connectivity index (χ0n) is 13.8. The highest BCUT2D eigenvalue weighted by Gasteiger charge is 2.20. The number of rotatable bonds is 5. The molecule has 4 nitrogen and oxygen atoms in total. The quantitative estimate of drug-likeness (QED) is 0.839. The number of nitrogens with one attached hydrogen (secondary N) is 1. The van der Waals surface area contributed by atoms with Crippen LogP contribution in [0, 0.1) is 17.6 Å². The Hall–Kier alpha value is -1.92. The zero-order chi connectivity index (χ0) is 17.8. The zero-order valence-corrected chi connectivity index (χ0v) is 14.5. The van der Waals surface area contributed by atoms with E-state index in [1.165, 1.54) is 6.20 Å². The minimum atomic E-state index is -0.896. The van der Waals surface area contributed by atoms with Gasteiger partial charge in [-0.05, 0) is 44.0 Å². The number of halogens is 3. The minimum Gasteiger partial charge on any atom is -0.488 e. The number of benzene rings is 1. The average Bonchev–Trinajstić information content (AvgIpc) is 2.58. The lowest BCUT2D eigenvalue weighted by atomic mass is 9.96. The molecule has 0 radical (unpaired) electrons. The maximum atomic E-state index is 13.9. The molecule has 0 aliphatic carbocycles. The Balaban J connectivity index is 1.71. The van der Waals surface area contributed by atoms with E-state index in [-0.39, 0.29) is 10.9 Å². The first-order valence-electron chi connectivity index (χ1n) is 8.16. The molecule has 1 aromatic carbocycles. The van der Waals surface area contributed by atoms with Gasteiger partial charge in [-0.2, -0.15) is 0 Å². The van der Waals surface area contributed by atoms with Crippen molar-refractivity contribution in [2.75, 3.05) is 13.2 Å². The van der Waals surface area contributed by atoms with Gasteiger partial charge < -0.3 is 14.8 Å². The van der Waals surface area contributed by atoms with Crippen LogP contribution in [0.2, 0.25) is 5.02 Å². The van der Waals surface area contributed by atoms with Crippen molar-refractivity contribution in [1.82, 2.24) is 10.3 Å². The second-order valence-electron chi connectivity index (χ2n) is 6.17. The first kappa shape index (κ1) is 17.9. The molecule has 1 N–H and O–H groups in total. The fourth-order valence-electron chi connectivity index (χ4n) is 2.69. The molecule has 0 spiro atoms. The molecule has 1 aromatic heterocycles. The lowest BCUT2D eigenvalue weighted by Gasteiger charge is -2.27. The molecule has 134 valence electrons. The van der Waals surface area contributed by atoms with Gasteiger partial charge in [-0.15, -0.1) is 0 Å². The molecule has 2 heterocycles. The van der Waals surface area contributed by atoms with Crippen LogP contribution < -0.4 is 14.8 Å². The van der Waals surface area contributed by atoms with Gasteiger partial charge in [-0.3, -0.25) is 0 Å². The molecule has 1 aliphatic rings. The maximum absolute atomic E-state index is 13.9. The Morgan fingerprint density at radius 3 is 2.72 bits per heavy atom. The second kappa shape index (κ2) is 7.97. The van der Waals surface area contributed by atoms with Crippen molar-refractivity contribution in [3.63, 3.8) is 0 Å². The van der Waals surface area contributed by atoms with Crippen molar-refractivity contribution < 1.29 is 18.3 Å². The number of pyridine rings is 1. The van der Waals surface area contributed by atoms with Gasteiger partial charge in [0.1, 0.15) is 0 Å². The van der Waals surface area contributed by atoms with Crippen molar-refractivity contribution in [3.05, 3.63) is 47.1 Å². The Bertz CT molecular complexity index is 714. The molecule has 3 rings (SSSR count).